The van der Waals surface area contributed by atoms with E-state index in [1.807, 2.05) is 42.5 Å². The van der Waals surface area contributed by atoms with Crippen molar-refractivity contribution in [3.8, 4) is 5.69 Å². The molecule has 1 aliphatic heterocycles. The summed E-state index contributed by atoms with van der Waals surface area (Å²) in [6.45, 7) is 1.75. The van der Waals surface area contributed by atoms with Crippen LogP contribution < -0.4 is 10.5 Å². The van der Waals surface area contributed by atoms with Crippen molar-refractivity contribution < 1.29 is 15.0 Å². The average Bonchev–Trinajstić information content (AvgIpc) is 3.32. The van der Waals surface area contributed by atoms with E-state index in [0.717, 1.165) is 0 Å². The fraction of sp³-hybridized carbons (Fsp3) is 0.185. The number of aromatic amines is 1. The van der Waals surface area contributed by atoms with Crippen LogP contribution >= 0.6 is 0 Å². The van der Waals surface area contributed by atoms with Crippen molar-refractivity contribution >= 4 is 28.2 Å². The number of fused-ring (bicyclic) bond motifs is 2. The topological polar surface area (TPSA) is 98.6 Å². The number of nitrogens with one attached hydrogen (secondary N) is 1. The Morgan fingerprint density at radius 3 is 2.47 bits per heavy atom. The van der Waals surface area contributed by atoms with E-state index in [2.05, 4.69) is 5.10 Å². The molecule has 1 amide bonds. The van der Waals surface area contributed by atoms with E-state index < -0.39 is 17.4 Å². The zero-order chi connectivity index (χ0) is 23.9. The molecule has 0 bridgehead atoms. The van der Waals surface area contributed by atoms with Crippen LogP contribution in [0.1, 0.15) is 18.9 Å². The van der Waals surface area contributed by atoms with Gasteiger partial charge < -0.3 is 10.2 Å². The first-order chi connectivity index (χ1) is 16.5. The highest BCUT2D eigenvalue weighted by atomic mass is 16.3. The molecule has 0 fully saturated rings. The summed E-state index contributed by atoms with van der Waals surface area (Å²) in [6, 6.07) is 21.6. The molecule has 3 N–H and O–H groups in total. The number of aliphatic hydroxyl groups excluding tert-OH is 1. The van der Waals surface area contributed by atoms with Gasteiger partial charge in [0.2, 0.25) is 0 Å². The van der Waals surface area contributed by atoms with Crippen molar-refractivity contribution in [2.24, 2.45) is 5.92 Å². The third-order valence-electron chi connectivity index (χ3n) is 6.41. The third kappa shape index (κ3) is 3.29. The van der Waals surface area contributed by atoms with Gasteiger partial charge in [-0.3, -0.25) is 19.6 Å². The molecule has 0 unspecified atom stereocenters. The van der Waals surface area contributed by atoms with Gasteiger partial charge in [-0.15, -0.1) is 0 Å². The number of carbonyl (C=O) groups excluding carboxylic acids is 1. The lowest BCUT2D eigenvalue weighted by molar-refractivity contribution is -0.138. The second-order valence-corrected chi connectivity index (χ2v) is 8.47. The first-order valence-corrected chi connectivity index (χ1v) is 11.2. The minimum absolute atomic E-state index is 0.0181. The molecule has 1 aliphatic rings. The van der Waals surface area contributed by atoms with Gasteiger partial charge in [0.15, 0.2) is 5.60 Å². The number of amides is 1. The molecule has 0 saturated heterocycles. The molecule has 172 valence electrons. The van der Waals surface area contributed by atoms with E-state index >= 15 is 0 Å². The van der Waals surface area contributed by atoms with Crippen LogP contribution in [-0.4, -0.2) is 32.5 Å². The monoisotopic (exact) mass is 455 g/mol. The highest BCUT2D eigenvalue weighted by Gasteiger charge is 2.53. The highest BCUT2D eigenvalue weighted by Crippen LogP contribution is 2.48. The summed E-state index contributed by atoms with van der Waals surface area (Å²) in [7, 11) is 0. The van der Waals surface area contributed by atoms with Gasteiger partial charge in [-0.1, -0.05) is 49.4 Å². The van der Waals surface area contributed by atoms with E-state index in [9.17, 15) is 14.7 Å². The summed E-state index contributed by atoms with van der Waals surface area (Å²) in [5.41, 5.74) is 0.798. The van der Waals surface area contributed by atoms with Gasteiger partial charge in [-0.05, 0) is 48.9 Å². The number of nitrogens with zero attached hydrogens (tertiary/aromatic N) is 2. The van der Waals surface area contributed by atoms with Gasteiger partial charge in [0, 0.05) is 23.8 Å². The lowest BCUT2D eigenvalue weighted by Crippen LogP contribution is -2.42. The standard InChI is InChI=1S/C27H25N3O4/c1-18(9-7-8-16-31)27(34)22-17-20(30-25(32)21-12-5-6-13-23(21)28-30)14-15-24(22)29(26(27)33)19-10-3-2-4-11-19/h2-7,9-15,17-18,28,31,34H,8,16H2,1H3/b9-7+/t18-,27+/m1/s1. The Morgan fingerprint density at radius 2 is 1.74 bits per heavy atom. The Kier molecular flexibility index (Phi) is 5.43. The normalized spacial score (nSPS) is 18.7. The van der Waals surface area contributed by atoms with Crippen LogP contribution in [0.4, 0.5) is 11.4 Å². The van der Waals surface area contributed by atoms with E-state index in [-0.39, 0.29) is 12.2 Å². The quantitative estimate of drug-likeness (QED) is 0.386. The van der Waals surface area contributed by atoms with Gasteiger partial charge in [-0.25, -0.2) is 4.68 Å². The van der Waals surface area contributed by atoms with E-state index in [0.29, 0.717) is 39.9 Å². The van der Waals surface area contributed by atoms with Crippen LogP contribution in [-0.2, 0) is 10.4 Å². The SMILES string of the molecule is C[C@H](/C=C/CCO)[C@@]1(O)C(=O)N(c2ccccc2)c2ccc(-n3[nH]c4ccccc4c3=O)cc21. The first kappa shape index (κ1) is 21.9. The summed E-state index contributed by atoms with van der Waals surface area (Å²) < 4.78 is 1.42. The van der Waals surface area contributed by atoms with Crippen molar-refractivity contribution in [2.45, 2.75) is 18.9 Å². The number of anilines is 2. The number of para-hydroxylation sites is 2. The maximum absolute atomic E-state index is 13.7. The Bertz CT molecular complexity index is 1450. The number of H-pyrrole nitrogens is 1. The fourth-order valence-electron chi connectivity index (χ4n) is 4.59. The maximum atomic E-state index is 13.7. The Hall–Kier alpha value is -3.94. The Labute approximate surface area is 196 Å². The fourth-order valence-corrected chi connectivity index (χ4v) is 4.59. The molecule has 5 rings (SSSR count). The molecule has 3 aromatic carbocycles. The van der Waals surface area contributed by atoms with Crippen LogP contribution in [0.15, 0.2) is 89.7 Å². The molecule has 0 aliphatic carbocycles. The third-order valence-corrected chi connectivity index (χ3v) is 6.41. The molecule has 1 aromatic heterocycles. The maximum Gasteiger partial charge on any atom is 0.279 e. The molecule has 0 radical (unpaired) electrons. The number of rotatable bonds is 6. The summed E-state index contributed by atoms with van der Waals surface area (Å²) in [5, 5.41) is 24.7. The molecule has 2 heterocycles. The predicted molar refractivity (Wildman–Crippen MR) is 131 cm³/mol. The van der Waals surface area contributed by atoms with Gasteiger partial charge >= 0.3 is 0 Å². The van der Waals surface area contributed by atoms with Crippen molar-refractivity contribution in [1.82, 2.24) is 9.78 Å². The molecule has 2 atom stereocenters. The average molecular weight is 456 g/mol. The molecule has 0 saturated carbocycles. The molecular weight excluding hydrogens is 430 g/mol. The summed E-state index contributed by atoms with van der Waals surface area (Å²) in [4.78, 5) is 28.3. The smallest absolute Gasteiger partial charge is 0.279 e. The van der Waals surface area contributed by atoms with Gasteiger partial charge in [-0.2, -0.15) is 0 Å². The second-order valence-electron chi connectivity index (χ2n) is 8.47. The molecular formula is C27H25N3O4. The van der Waals surface area contributed by atoms with Crippen molar-refractivity contribution in [2.75, 3.05) is 11.5 Å². The lowest BCUT2D eigenvalue weighted by Gasteiger charge is -2.27. The van der Waals surface area contributed by atoms with E-state index in [4.69, 9.17) is 5.11 Å². The number of hydrogen-bond donors (Lipinski definition) is 3. The molecule has 7 nitrogen and oxygen atoms in total. The van der Waals surface area contributed by atoms with Crippen LogP contribution in [0.5, 0.6) is 0 Å². The van der Waals surface area contributed by atoms with Gasteiger partial charge in [0.05, 0.1) is 22.3 Å². The lowest BCUT2D eigenvalue weighted by atomic mass is 9.82. The number of aromatic nitrogens is 2. The van der Waals surface area contributed by atoms with E-state index in [1.54, 1.807) is 49.4 Å². The van der Waals surface area contributed by atoms with Gasteiger partial charge in [0.25, 0.3) is 11.5 Å². The zero-order valence-electron chi connectivity index (χ0n) is 18.7. The summed E-state index contributed by atoms with van der Waals surface area (Å²) in [5.74, 6) is -1.04. The van der Waals surface area contributed by atoms with E-state index in [1.165, 1.54) is 9.58 Å². The van der Waals surface area contributed by atoms with Crippen molar-refractivity contribution in [3.63, 3.8) is 0 Å². The van der Waals surface area contributed by atoms with Crippen LogP contribution in [0, 0.1) is 5.92 Å². The summed E-state index contributed by atoms with van der Waals surface area (Å²) in [6.07, 6.45) is 3.93. The minimum Gasteiger partial charge on any atom is -0.396 e. The molecule has 34 heavy (non-hydrogen) atoms. The number of hydrogen-bond acceptors (Lipinski definition) is 4. The van der Waals surface area contributed by atoms with Gasteiger partial charge in [0.1, 0.15) is 0 Å². The molecule has 4 aromatic rings. The van der Waals surface area contributed by atoms with Crippen molar-refractivity contribution in [3.05, 3.63) is 101 Å². The first-order valence-electron chi connectivity index (χ1n) is 11.2. The number of carbonyl (C=O) groups is 1. The number of benzene rings is 3. The van der Waals surface area contributed by atoms with Crippen molar-refractivity contribution in [1.29, 1.82) is 0 Å². The summed E-state index contributed by atoms with van der Waals surface area (Å²) >= 11 is 0. The Balaban J connectivity index is 1.69. The molecule has 7 heteroatoms. The minimum atomic E-state index is -1.84. The highest BCUT2D eigenvalue weighted by molar-refractivity contribution is 6.12. The van der Waals surface area contributed by atoms with Crippen LogP contribution in [0.2, 0.25) is 0 Å². The second kappa shape index (κ2) is 8.44. The zero-order valence-corrected chi connectivity index (χ0v) is 18.7. The largest absolute Gasteiger partial charge is 0.396 e. The Morgan fingerprint density at radius 1 is 1.00 bits per heavy atom. The van der Waals surface area contributed by atoms with Crippen LogP contribution in [0.3, 0.4) is 0 Å². The van der Waals surface area contributed by atoms with Crippen LogP contribution in [0.25, 0.3) is 16.6 Å². The number of aliphatic hydroxyl groups is 2. The molecule has 0 spiro atoms. The predicted octanol–water partition coefficient (Wildman–Crippen LogP) is 3.76.